The highest BCUT2D eigenvalue weighted by Crippen LogP contribution is 2.39. The summed E-state index contributed by atoms with van der Waals surface area (Å²) in [4.78, 5) is 2.40. The summed E-state index contributed by atoms with van der Waals surface area (Å²) in [6.45, 7) is 2.23. The zero-order valence-electron chi connectivity index (χ0n) is 10.3. The van der Waals surface area contributed by atoms with Crippen LogP contribution in [0.15, 0.2) is 12.1 Å². The molecule has 1 N–H and O–H groups in total. The summed E-state index contributed by atoms with van der Waals surface area (Å²) in [6.07, 6.45) is 4.79. The average Bonchev–Trinajstić information content (AvgIpc) is 2.44. The average molecular weight is 254 g/mol. The minimum Gasteiger partial charge on any atom is -0.508 e. The maximum Gasteiger partial charge on any atom is 0.119 e. The molecule has 0 bridgehead atoms. The quantitative estimate of drug-likeness (QED) is 0.769. The largest absolute Gasteiger partial charge is 0.508 e. The molecule has 94 valence electrons. The second kappa shape index (κ2) is 4.87. The molecular formula is C14H20ClNO. The van der Waals surface area contributed by atoms with Crippen molar-refractivity contribution >= 4 is 12.4 Å². The number of rotatable bonds is 0. The predicted molar refractivity (Wildman–Crippen MR) is 72.2 cm³/mol. The molecule has 1 aromatic carbocycles. The molecule has 0 saturated carbocycles. The first-order valence-corrected chi connectivity index (χ1v) is 6.28. The molecule has 1 aromatic rings. The Bertz CT molecular complexity index is 419. The van der Waals surface area contributed by atoms with E-state index in [2.05, 4.69) is 18.0 Å². The van der Waals surface area contributed by atoms with E-state index in [1.54, 1.807) is 0 Å². The maximum absolute atomic E-state index is 10.0. The SMILES string of the molecule is CN1CCc2c(O)ccc3c2C(CCC3)C1.Cl. The van der Waals surface area contributed by atoms with Crippen LogP contribution in [0, 0.1) is 0 Å². The smallest absolute Gasteiger partial charge is 0.119 e. The van der Waals surface area contributed by atoms with Crippen LogP contribution in [0.3, 0.4) is 0 Å². The second-order valence-electron chi connectivity index (χ2n) is 5.24. The van der Waals surface area contributed by atoms with Crippen LogP contribution in [0.2, 0.25) is 0 Å². The third kappa shape index (κ3) is 2.16. The molecule has 1 heterocycles. The van der Waals surface area contributed by atoms with Gasteiger partial charge in [-0.15, -0.1) is 12.4 Å². The van der Waals surface area contributed by atoms with Gasteiger partial charge in [0.1, 0.15) is 5.75 Å². The van der Waals surface area contributed by atoms with Crippen molar-refractivity contribution in [2.24, 2.45) is 0 Å². The Balaban J connectivity index is 0.00000108. The van der Waals surface area contributed by atoms with Gasteiger partial charge in [-0.25, -0.2) is 0 Å². The molecule has 17 heavy (non-hydrogen) atoms. The Labute approximate surface area is 109 Å². The summed E-state index contributed by atoms with van der Waals surface area (Å²) < 4.78 is 0. The molecular weight excluding hydrogens is 234 g/mol. The van der Waals surface area contributed by atoms with Gasteiger partial charge in [0.25, 0.3) is 0 Å². The van der Waals surface area contributed by atoms with Gasteiger partial charge in [-0.05, 0) is 61.4 Å². The molecule has 0 saturated heterocycles. The van der Waals surface area contributed by atoms with Crippen molar-refractivity contribution in [1.29, 1.82) is 0 Å². The standard InChI is InChI=1S/C14H19NO.ClH/c1-15-8-7-12-13(16)6-5-10-3-2-4-11(9-15)14(10)12;/h5-6,11,16H,2-4,7-9H2,1H3;1H. The first-order valence-electron chi connectivity index (χ1n) is 6.28. The highest BCUT2D eigenvalue weighted by atomic mass is 35.5. The fourth-order valence-corrected chi connectivity index (χ4v) is 3.33. The van der Waals surface area contributed by atoms with Gasteiger partial charge in [0.2, 0.25) is 0 Å². The fourth-order valence-electron chi connectivity index (χ4n) is 3.33. The zero-order chi connectivity index (χ0) is 11.1. The van der Waals surface area contributed by atoms with Gasteiger partial charge in [0.05, 0.1) is 0 Å². The van der Waals surface area contributed by atoms with Gasteiger partial charge < -0.3 is 10.0 Å². The number of phenols is 1. The highest BCUT2D eigenvalue weighted by Gasteiger charge is 2.28. The zero-order valence-corrected chi connectivity index (χ0v) is 11.1. The van der Waals surface area contributed by atoms with Crippen molar-refractivity contribution in [3.63, 3.8) is 0 Å². The van der Waals surface area contributed by atoms with E-state index in [-0.39, 0.29) is 12.4 Å². The molecule has 0 fully saturated rings. The third-order valence-electron chi connectivity index (χ3n) is 4.11. The summed E-state index contributed by atoms with van der Waals surface area (Å²) >= 11 is 0. The van der Waals surface area contributed by atoms with Gasteiger partial charge in [-0.1, -0.05) is 6.07 Å². The number of hydrogen-bond acceptors (Lipinski definition) is 2. The Kier molecular flexibility index (Phi) is 3.64. The summed E-state index contributed by atoms with van der Waals surface area (Å²) in [5.41, 5.74) is 4.20. The van der Waals surface area contributed by atoms with Crippen LogP contribution in [0.25, 0.3) is 0 Å². The molecule has 0 aromatic heterocycles. The number of likely N-dealkylation sites (N-methyl/N-ethyl adjacent to an activating group) is 1. The number of aryl methyl sites for hydroxylation is 1. The van der Waals surface area contributed by atoms with Crippen molar-refractivity contribution < 1.29 is 5.11 Å². The number of halogens is 1. The van der Waals surface area contributed by atoms with Gasteiger partial charge in [-0.2, -0.15) is 0 Å². The topological polar surface area (TPSA) is 23.5 Å². The van der Waals surface area contributed by atoms with Crippen molar-refractivity contribution in [3.05, 3.63) is 28.8 Å². The fraction of sp³-hybridized carbons (Fsp3) is 0.571. The van der Waals surface area contributed by atoms with E-state index in [9.17, 15) is 5.11 Å². The van der Waals surface area contributed by atoms with Crippen LogP contribution >= 0.6 is 12.4 Å². The van der Waals surface area contributed by atoms with Crippen LogP contribution in [-0.2, 0) is 12.8 Å². The van der Waals surface area contributed by atoms with E-state index in [0.717, 1.165) is 19.5 Å². The lowest BCUT2D eigenvalue weighted by atomic mass is 9.80. The molecule has 2 nitrogen and oxygen atoms in total. The van der Waals surface area contributed by atoms with Crippen molar-refractivity contribution in [2.45, 2.75) is 31.6 Å². The van der Waals surface area contributed by atoms with Crippen LogP contribution in [0.1, 0.15) is 35.4 Å². The molecule has 1 unspecified atom stereocenters. The van der Waals surface area contributed by atoms with Crippen molar-refractivity contribution in [1.82, 2.24) is 4.90 Å². The number of benzene rings is 1. The lowest BCUT2D eigenvalue weighted by Gasteiger charge is -2.28. The van der Waals surface area contributed by atoms with Crippen molar-refractivity contribution in [3.8, 4) is 5.75 Å². The normalized spacial score (nSPS) is 23.5. The maximum atomic E-state index is 10.0. The van der Waals surface area contributed by atoms with Crippen LogP contribution in [-0.4, -0.2) is 30.1 Å². The van der Waals surface area contributed by atoms with Gasteiger partial charge >= 0.3 is 0 Å². The molecule has 1 atom stereocenters. The number of hydrogen-bond donors (Lipinski definition) is 1. The van der Waals surface area contributed by atoms with E-state index < -0.39 is 0 Å². The molecule has 0 spiro atoms. The molecule has 3 heteroatoms. The van der Waals surface area contributed by atoms with E-state index in [1.807, 2.05) is 6.07 Å². The third-order valence-corrected chi connectivity index (χ3v) is 4.11. The monoisotopic (exact) mass is 253 g/mol. The Morgan fingerprint density at radius 1 is 1.29 bits per heavy atom. The Morgan fingerprint density at radius 2 is 2.12 bits per heavy atom. The van der Waals surface area contributed by atoms with Gasteiger partial charge in [0.15, 0.2) is 0 Å². The number of phenolic OH excluding ortho intramolecular Hbond substituents is 1. The van der Waals surface area contributed by atoms with Gasteiger partial charge in [0, 0.05) is 13.1 Å². The lowest BCUT2D eigenvalue weighted by Crippen LogP contribution is -2.25. The van der Waals surface area contributed by atoms with Crippen molar-refractivity contribution in [2.75, 3.05) is 20.1 Å². The highest BCUT2D eigenvalue weighted by molar-refractivity contribution is 5.85. The first kappa shape index (κ1) is 12.7. The summed E-state index contributed by atoms with van der Waals surface area (Å²) in [5.74, 6) is 1.17. The molecule has 1 aliphatic heterocycles. The molecule has 1 aliphatic carbocycles. The van der Waals surface area contributed by atoms with E-state index >= 15 is 0 Å². The number of nitrogens with zero attached hydrogens (tertiary/aromatic N) is 1. The van der Waals surface area contributed by atoms with E-state index in [1.165, 1.54) is 36.0 Å². The lowest BCUT2D eigenvalue weighted by molar-refractivity contribution is 0.313. The minimum absolute atomic E-state index is 0. The predicted octanol–water partition coefficient (Wildman–Crippen LogP) is 2.72. The molecule has 0 radical (unpaired) electrons. The Morgan fingerprint density at radius 3 is 2.94 bits per heavy atom. The van der Waals surface area contributed by atoms with Gasteiger partial charge in [-0.3, -0.25) is 0 Å². The van der Waals surface area contributed by atoms with Crippen LogP contribution in [0.4, 0.5) is 0 Å². The Hall–Kier alpha value is -0.730. The van der Waals surface area contributed by atoms with Crippen LogP contribution < -0.4 is 0 Å². The summed E-state index contributed by atoms with van der Waals surface area (Å²) in [5, 5.41) is 10.0. The van der Waals surface area contributed by atoms with E-state index in [4.69, 9.17) is 0 Å². The molecule has 0 amide bonds. The minimum atomic E-state index is 0. The first-order chi connectivity index (χ1) is 7.75. The van der Waals surface area contributed by atoms with Crippen LogP contribution in [0.5, 0.6) is 5.75 Å². The summed E-state index contributed by atoms with van der Waals surface area (Å²) in [7, 11) is 2.19. The second-order valence-corrected chi connectivity index (χ2v) is 5.24. The number of aromatic hydroxyl groups is 1. The van der Waals surface area contributed by atoms with E-state index in [0.29, 0.717) is 11.7 Å². The summed E-state index contributed by atoms with van der Waals surface area (Å²) in [6, 6.07) is 4.02. The molecule has 3 rings (SSSR count). The molecule has 2 aliphatic rings.